The Bertz CT molecular complexity index is 593. The number of alkyl halides is 3. The van der Waals surface area contributed by atoms with Gasteiger partial charge in [-0.1, -0.05) is 35.3 Å². The summed E-state index contributed by atoms with van der Waals surface area (Å²) in [4.78, 5) is 12.0. The number of nitrogens with one attached hydrogen (secondary N) is 1. The summed E-state index contributed by atoms with van der Waals surface area (Å²) in [5.74, 6) is -1.92. The molecule has 0 bridgehead atoms. The van der Waals surface area contributed by atoms with Gasteiger partial charge in [0.25, 0.3) is 0 Å². The number of hydrogen-bond donors (Lipinski definition) is 1. The number of rotatable bonds is 6. The topological polar surface area (TPSA) is 32.3 Å². The molecule has 128 valence electrons. The zero-order chi connectivity index (χ0) is 17.8. The highest BCUT2D eigenvalue weighted by molar-refractivity contribution is 6.42. The summed E-state index contributed by atoms with van der Waals surface area (Å²) >= 11 is 11.9. The molecule has 0 fully saturated rings. The highest BCUT2D eigenvalue weighted by Gasteiger charge is 2.43. The minimum absolute atomic E-state index is 0.216. The van der Waals surface area contributed by atoms with Crippen molar-refractivity contribution in [3.05, 3.63) is 46.5 Å². The van der Waals surface area contributed by atoms with Gasteiger partial charge in [0.2, 0.25) is 0 Å². The van der Waals surface area contributed by atoms with E-state index in [1.54, 1.807) is 31.3 Å². The average Bonchev–Trinajstić information content (AvgIpc) is 2.47. The van der Waals surface area contributed by atoms with Crippen molar-refractivity contribution < 1.29 is 18.0 Å². The molecule has 0 saturated heterocycles. The molecule has 1 atom stereocenters. The Balaban J connectivity index is 3.24. The lowest BCUT2D eigenvalue weighted by molar-refractivity contribution is -0.184. The number of likely N-dealkylation sites (N-methyl/N-ethyl adjacent to an activating group) is 2. The maximum absolute atomic E-state index is 12.6. The van der Waals surface area contributed by atoms with Gasteiger partial charge in [0.1, 0.15) is 0 Å². The molecule has 0 aromatic heterocycles. The van der Waals surface area contributed by atoms with Crippen LogP contribution < -0.4 is 5.32 Å². The lowest BCUT2D eigenvalue weighted by Gasteiger charge is -2.37. The first-order chi connectivity index (χ1) is 10.6. The minimum Gasteiger partial charge on any atom is -0.336 e. The Morgan fingerprint density at radius 3 is 2.39 bits per heavy atom. The summed E-state index contributed by atoms with van der Waals surface area (Å²) in [5, 5.41) is 3.59. The largest absolute Gasteiger partial charge is 0.471 e. The normalized spacial score (nSPS) is 14.2. The maximum atomic E-state index is 12.6. The molecule has 1 aromatic carbocycles. The summed E-state index contributed by atoms with van der Waals surface area (Å²) < 4.78 is 37.8. The van der Waals surface area contributed by atoms with Crippen molar-refractivity contribution in [3.8, 4) is 0 Å². The molecular weight excluding hydrogens is 352 g/mol. The molecule has 0 radical (unpaired) electrons. The molecule has 1 unspecified atom stereocenters. The first-order valence-electron chi connectivity index (χ1n) is 6.65. The third kappa shape index (κ3) is 4.62. The zero-order valence-electron chi connectivity index (χ0n) is 12.7. The van der Waals surface area contributed by atoms with Crippen molar-refractivity contribution in [3.63, 3.8) is 0 Å². The van der Waals surface area contributed by atoms with Crippen LogP contribution in [0.2, 0.25) is 10.0 Å². The maximum Gasteiger partial charge on any atom is 0.471 e. The van der Waals surface area contributed by atoms with Crippen molar-refractivity contribution in [2.24, 2.45) is 0 Å². The van der Waals surface area contributed by atoms with Gasteiger partial charge in [0.15, 0.2) is 0 Å². The molecule has 1 rings (SSSR count). The molecule has 1 N–H and O–H groups in total. The van der Waals surface area contributed by atoms with E-state index >= 15 is 0 Å². The van der Waals surface area contributed by atoms with Crippen LogP contribution >= 0.6 is 23.2 Å². The van der Waals surface area contributed by atoms with E-state index in [9.17, 15) is 18.0 Å². The van der Waals surface area contributed by atoms with E-state index in [4.69, 9.17) is 23.2 Å². The third-order valence-electron chi connectivity index (χ3n) is 3.54. The molecule has 1 amide bonds. The first kappa shape index (κ1) is 19.8. The number of carbonyl (C=O) groups is 1. The fraction of sp³-hybridized carbons (Fsp3) is 0.400. The number of amides is 1. The fourth-order valence-corrected chi connectivity index (χ4v) is 2.63. The zero-order valence-corrected chi connectivity index (χ0v) is 14.2. The molecule has 1 aromatic rings. The van der Waals surface area contributed by atoms with Crippen LogP contribution in [0.5, 0.6) is 0 Å². The van der Waals surface area contributed by atoms with Crippen LogP contribution in [-0.4, -0.2) is 37.6 Å². The molecule has 3 nitrogen and oxygen atoms in total. The number of hydrogen-bond acceptors (Lipinski definition) is 2. The molecule has 0 aliphatic rings. The van der Waals surface area contributed by atoms with Gasteiger partial charge in [-0.25, -0.2) is 0 Å². The molecule has 0 aliphatic heterocycles. The lowest BCUT2D eigenvalue weighted by atomic mass is 9.86. The Morgan fingerprint density at radius 2 is 1.96 bits per heavy atom. The lowest BCUT2D eigenvalue weighted by Crippen LogP contribution is -2.52. The standard InChI is InChI=1S/C15H17Cl2F3N2O/c1-4-7-14(21-2,9-22(3)13(23)15(18,19)20)10-5-6-11(16)12(17)8-10/h4-6,8,21H,1,7,9H2,2-3H3. The molecule has 0 heterocycles. The monoisotopic (exact) mass is 368 g/mol. The van der Waals surface area contributed by atoms with Crippen LogP contribution in [0, 0.1) is 0 Å². The summed E-state index contributed by atoms with van der Waals surface area (Å²) in [6, 6.07) is 4.77. The van der Waals surface area contributed by atoms with Crippen LogP contribution in [0.25, 0.3) is 0 Å². The molecule has 23 heavy (non-hydrogen) atoms. The van der Waals surface area contributed by atoms with Gasteiger partial charge in [0, 0.05) is 13.6 Å². The van der Waals surface area contributed by atoms with Gasteiger partial charge >= 0.3 is 12.1 Å². The molecular formula is C15H17Cl2F3N2O. The Morgan fingerprint density at radius 1 is 1.35 bits per heavy atom. The van der Waals surface area contributed by atoms with Gasteiger partial charge in [-0.3, -0.25) is 4.79 Å². The Kier molecular flexibility index (Phi) is 6.50. The Labute approximate surface area is 143 Å². The van der Waals surface area contributed by atoms with Crippen LogP contribution in [0.4, 0.5) is 13.2 Å². The average molecular weight is 369 g/mol. The quantitative estimate of drug-likeness (QED) is 0.769. The smallest absolute Gasteiger partial charge is 0.336 e. The van der Waals surface area contributed by atoms with Crippen LogP contribution in [0.3, 0.4) is 0 Å². The number of halogens is 5. The SMILES string of the molecule is C=CCC(CN(C)C(=O)C(F)(F)F)(NC)c1ccc(Cl)c(Cl)c1. The van der Waals surface area contributed by atoms with E-state index in [1.165, 1.54) is 0 Å². The van der Waals surface area contributed by atoms with E-state index in [0.29, 0.717) is 15.5 Å². The molecule has 0 spiro atoms. The van der Waals surface area contributed by atoms with Crippen LogP contribution in [-0.2, 0) is 10.3 Å². The van der Waals surface area contributed by atoms with E-state index in [1.807, 2.05) is 0 Å². The molecule has 0 saturated carbocycles. The van der Waals surface area contributed by atoms with Gasteiger partial charge in [-0.05, 0) is 31.2 Å². The number of benzene rings is 1. The van der Waals surface area contributed by atoms with Gasteiger partial charge in [0.05, 0.1) is 15.6 Å². The summed E-state index contributed by atoms with van der Waals surface area (Å²) in [6.07, 6.45) is -3.08. The van der Waals surface area contributed by atoms with Crippen molar-refractivity contribution in [1.29, 1.82) is 0 Å². The van der Waals surface area contributed by atoms with Crippen molar-refractivity contribution in [2.75, 3.05) is 20.6 Å². The summed E-state index contributed by atoms with van der Waals surface area (Å²) in [5.41, 5.74) is -0.359. The highest BCUT2D eigenvalue weighted by Crippen LogP contribution is 2.32. The van der Waals surface area contributed by atoms with Gasteiger partial charge in [-0.2, -0.15) is 13.2 Å². The summed E-state index contributed by atoms with van der Waals surface area (Å²) in [7, 11) is 2.69. The van der Waals surface area contributed by atoms with E-state index in [0.717, 1.165) is 7.05 Å². The second-order valence-corrected chi connectivity index (χ2v) is 5.93. The van der Waals surface area contributed by atoms with Crippen LogP contribution in [0.1, 0.15) is 12.0 Å². The number of carbonyl (C=O) groups excluding carboxylic acids is 1. The molecule has 8 heteroatoms. The van der Waals surface area contributed by atoms with Gasteiger partial charge < -0.3 is 10.2 Å². The van der Waals surface area contributed by atoms with E-state index in [-0.39, 0.29) is 18.0 Å². The molecule has 0 aliphatic carbocycles. The predicted molar refractivity (Wildman–Crippen MR) is 85.7 cm³/mol. The second-order valence-electron chi connectivity index (χ2n) is 5.11. The fourth-order valence-electron chi connectivity index (χ4n) is 2.33. The Hall–Kier alpha value is -1.24. The van der Waals surface area contributed by atoms with E-state index < -0.39 is 17.6 Å². The third-order valence-corrected chi connectivity index (χ3v) is 4.28. The second kappa shape index (κ2) is 7.55. The number of nitrogens with zero attached hydrogens (tertiary/aromatic N) is 1. The van der Waals surface area contributed by atoms with E-state index in [2.05, 4.69) is 11.9 Å². The minimum atomic E-state index is -4.93. The predicted octanol–water partition coefficient (Wildman–Crippen LogP) is 4.00. The van der Waals surface area contributed by atoms with Crippen molar-refractivity contribution in [2.45, 2.75) is 18.1 Å². The van der Waals surface area contributed by atoms with Crippen molar-refractivity contribution >= 4 is 29.1 Å². The van der Waals surface area contributed by atoms with Crippen LogP contribution in [0.15, 0.2) is 30.9 Å². The van der Waals surface area contributed by atoms with Gasteiger partial charge in [-0.15, -0.1) is 6.58 Å². The first-order valence-corrected chi connectivity index (χ1v) is 7.40. The summed E-state index contributed by atoms with van der Waals surface area (Å²) in [6.45, 7) is 3.42. The highest BCUT2D eigenvalue weighted by atomic mass is 35.5. The van der Waals surface area contributed by atoms with Crippen molar-refractivity contribution in [1.82, 2.24) is 10.2 Å².